The molecule has 6 heteroatoms. The van der Waals surface area contributed by atoms with Gasteiger partial charge >= 0.3 is 5.97 Å². The second-order valence-corrected chi connectivity index (χ2v) is 3.83. The lowest BCUT2D eigenvalue weighted by Crippen LogP contribution is -2.32. The van der Waals surface area contributed by atoms with Gasteiger partial charge in [0.1, 0.15) is 17.9 Å². The second kappa shape index (κ2) is 4.87. The Kier molecular flexibility index (Phi) is 3.27. The van der Waals surface area contributed by atoms with E-state index in [0.717, 1.165) is 0 Å². The van der Waals surface area contributed by atoms with Crippen LogP contribution in [0.1, 0.15) is 10.5 Å². The minimum absolute atomic E-state index is 0.0940. The SMILES string of the molecule is COC(=O)CN(C)C(=O)c1cn2ccccc2n1. The zero-order valence-corrected chi connectivity index (χ0v) is 10.2. The standard InChI is InChI=1S/C12H13N3O3/c1-14(8-11(16)18-2)12(17)9-7-15-6-4-3-5-10(15)13-9/h3-7H,8H2,1-2H3. The summed E-state index contributed by atoms with van der Waals surface area (Å²) in [5, 5.41) is 0. The first-order valence-electron chi connectivity index (χ1n) is 5.38. The first kappa shape index (κ1) is 12.1. The molecule has 18 heavy (non-hydrogen) atoms. The van der Waals surface area contributed by atoms with Crippen LogP contribution in [0.2, 0.25) is 0 Å². The molecule has 0 aliphatic heterocycles. The summed E-state index contributed by atoms with van der Waals surface area (Å²) in [4.78, 5) is 28.6. The van der Waals surface area contributed by atoms with E-state index in [9.17, 15) is 9.59 Å². The van der Waals surface area contributed by atoms with Gasteiger partial charge in [-0.25, -0.2) is 4.98 Å². The van der Waals surface area contributed by atoms with Crippen molar-refractivity contribution >= 4 is 17.5 Å². The van der Waals surface area contributed by atoms with Crippen LogP contribution in [0.25, 0.3) is 5.65 Å². The topological polar surface area (TPSA) is 63.9 Å². The molecular weight excluding hydrogens is 234 g/mol. The third-order valence-corrected chi connectivity index (χ3v) is 2.52. The van der Waals surface area contributed by atoms with E-state index in [-0.39, 0.29) is 12.5 Å². The highest BCUT2D eigenvalue weighted by Gasteiger charge is 2.17. The lowest BCUT2D eigenvalue weighted by atomic mass is 10.4. The third kappa shape index (κ3) is 2.32. The molecular formula is C12H13N3O3. The van der Waals surface area contributed by atoms with Crippen LogP contribution in [0.15, 0.2) is 30.6 Å². The van der Waals surface area contributed by atoms with Crippen LogP contribution >= 0.6 is 0 Å². The Balaban J connectivity index is 2.20. The number of methoxy groups -OCH3 is 1. The van der Waals surface area contributed by atoms with Crippen molar-refractivity contribution < 1.29 is 14.3 Å². The molecule has 0 radical (unpaired) electrons. The van der Waals surface area contributed by atoms with Crippen molar-refractivity contribution in [3.05, 3.63) is 36.3 Å². The summed E-state index contributed by atoms with van der Waals surface area (Å²) in [6.07, 6.45) is 3.44. The first-order valence-corrected chi connectivity index (χ1v) is 5.38. The maximum absolute atomic E-state index is 12.0. The highest BCUT2D eigenvalue weighted by atomic mass is 16.5. The van der Waals surface area contributed by atoms with Crippen molar-refractivity contribution in [2.45, 2.75) is 0 Å². The lowest BCUT2D eigenvalue weighted by Gasteiger charge is -2.13. The zero-order chi connectivity index (χ0) is 13.1. The van der Waals surface area contributed by atoms with Crippen molar-refractivity contribution in [3.8, 4) is 0 Å². The Bertz CT molecular complexity index is 558. The molecule has 0 saturated carbocycles. The number of esters is 1. The normalized spacial score (nSPS) is 10.3. The number of pyridine rings is 1. The number of ether oxygens (including phenoxy) is 1. The first-order chi connectivity index (χ1) is 8.61. The van der Waals surface area contributed by atoms with E-state index in [2.05, 4.69) is 9.72 Å². The minimum Gasteiger partial charge on any atom is -0.468 e. The van der Waals surface area contributed by atoms with Gasteiger partial charge in [0.15, 0.2) is 0 Å². The van der Waals surface area contributed by atoms with Crippen LogP contribution in [0.3, 0.4) is 0 Å². The summed E-state index contributed by atoms with van der Waals surface area (Å²) in [5.41, 5.74) is 0.986. The van der Waals surface area contributed by atoms with Gasteiger partial charge in [-0.2, -0.15) is 0 Å². The fourth-order valence-corrected chi connectivity index (χ4v) is 1.56. The van der Waals surface area contributed by atoms with Crippen LogP contribution < -0.4 is 0 Å². The lowest BCUT2D eigenvalue weighted by molar-refractivity contribution is -0.141. The summed E-state index contributed by atoms with van der Waals surface area (Å²) in [5.74, 6) is -0.779. The summed E-state index contributed by atoms with van der Waals surface area (Å²) < 4.78 is 6.26. The third-order valence-electron chi connectivity index (χ3n) is 2.52. The van der Waals surface area contributed by atoms with Gasteiger partial charge in [0.2, 0.25) is 0 Å². The highest BCUT2D eigenvalue weighted by Crippen LogP contribution is 2.06. The van der Waals surface area contributed by atoms with Crippen LogP contribution in [-0.2, 0) is 9.53 Å². The molecule has 0 bridgehead atoms. The molecule has 0 unspecified atom stereocenters. The van der Waals surface area contributed by atoms with E-state index in [1.165, 1.54) is 19.1 Å². The average molecular weight is 247 g/mol. The number of likely N-dealkylation sites (N-methyl/N-ethyl adjacent to an activating group) is 1. The average Bonchev–Trinajstić information content (AvgIpc) is 2.81. The molecule has 94 valence electrons. The van der Waals surface area contributed by atoms with Gasteiger partial charge in [-0.3, -0.25) is 9.59 Å². The number of carbonyl (C=O) groups is 2. The van der Waals surface area contributed by atoms with Crippen molar-refractivity contribution in [1.29, 1.82) is 0 Å². The van der Waals surface area contributed by atoms with Gasteiger partial charge in [0.05, 0.1) is 7.11 Å². The number of aromatic nitrogens is 2. The van der Waals surface area contributed by atoms with E-state index in [0.29, 0.717) is 11.3 Å². The van der Waals surface area contributed by atoms with Crippen molar-refractivity contribution in [2.75, 3.05) is 20.7 Å². The van der Waals surface area contributed by atoms with Gasteiger partial charge in [0, 0.05) is 19.4 Å². The molecule has 0 atom stereocenters. The molecule has 2 aromatic heterocycles. The fourth-order valence-electron chi connectivity index (χ4n) is 1.56. The maximum atomic E-state index is 12.0. The molecule has 2 rings (SSSR count). The van der Waals surface area contributed by atoms with Gasteiger partial charge in [-0.15, -0.1) is 0 Å². The Labute approximate surface area is 104 Å². The highest BCUT2D eigenvalue weighted by molar-refractivity contribution is 5.94. The molecule has 0 fully saturated rings. The van der Waals surface area contributed by atoms with Gasteiger partial charge in [0.25, 0.3) is 5.91 Å². The monoisotopic (exact) mass is 247 g/mol. The molecule has 0 N–H and O–H groups in total. The molecule has 0 spiro atoms. The summed E-state index contributed by atoms with van der Waals surface area (Å²) in [6.45, 7) is -0.0940. The maximum Gasteiger partial charge on any atom is 0.325 e. The predicted octanol–water partition coefficient (Wildman–Crippen LogP) is 0.579. The summed E-state index contributed by atoms with van der Waals surface area (Å²) >= 11 is 0. The van der Waals surface area contributed by atoms with Gasteiger partial charge in [-0.1, -0.05) is 6.07 Å². The van der Waals surface area contributed by atoms with E-state index in [1.807, 2.05) is 12.1 Å². The van der Waals surface area contributed by atoms with E-state index in [1.54, 1.807) is 22.9 Å². The molecule has 0 aliphatic rings. The Hall–Kier alpha value is -2.37. The van der Waals surface area contributed by atoms with E-state index >= 15 is 0 Å². The minimum atomic E-state index is -0.463. The second-order valence-electron chi connectivity index (χ2n) is 3.83. The number of hydrogen-bond acceptors (Lipinski definition) is 4. The quantitative estimate of drug-likeness (QED) is 0.744. The van der Waals surface area contributed by atoms with E-state index < -0.39 is 5.97 Å². The fraction of sp³-hybridized carbons (Fsp3) is 0.250. The van der Waals surface area contributed by atoms with Gasteiger partial charge < -0.3 is 14.0 Å². The number of amides is 1. The number of hydrogen-bond donors (Lipinski definition) is 0. The Morgan fingerprint density at radius 3 is 2.89 bits per heavy atom. The zero-order valence-electron chi connectivity index (χ0n) is 10.2. The molecule has 2 aromatic rings. The smallest absolute Gasteiger partial charge is 0.325 e. The molecule has 1 amide bonds. The molecule has 0 aliphatic carbocycles. The Morgan fingerprint density at radius 2 is 2.22 bits per heavy atom. The molecule has 6 nitrogen and oxygen atoms in total. The number of rotatable bonds is 3. The molecule has 0 saturated heterocycles. The Morgan fingerprint density at radius 1 is 1.44 bits per heavy atom. The van der Waals surface area contributed by atoms with E-state index in [4.69, 9.17) is 0 Å². The van der Waals surface area contributed by atoms with Crippen molar-refractivity contribution in [3.63, 3.8) is 0 Å². The van der Waals surface area contributed by atoms with Crippen LogP contribution in [0.5, 0.6) is 0 Å². The molecule has 0 aromatic carbocycles. The van der Waals surface area contributed by atoms with Crippen molar-refractivity contribution in [2.24, 2.45) is 0 Å². The van der Waals surface area contributed by atoms with Crippen LogP contribution in [-0.4, -0.2) is 46.9 Å². The predicted molar refractivity (Wildman–Crippen MR) is 64.2 cm³/mol. The summed E-state index contributed by atoms with van der Waals surface area (Å²) in [7, 11) is 2.81. The summed E-state index contributed by atoms with van der Waals surface area (Å²) in [6, 6.07) is 5.49. The number of carbonyl (C=O) groups excluding carboxylic acids is 2. The largest absolute Gasteiger partial charge is 0.468 e. The number of fused-ring (bicyclic) bond motifs is 1. The number of nitrogens with zero attached hydrogens (tertiary/aromatic N) is 3. The molecule has 2 heterocycles. The van der Waals surface area contributed by atoms with Crippen LogP contribution in [0, 0.1) is 0 Å². The van der Waals surface area contributed by atoms with Gasteiger partial charge in [-0.05, 0) is 12.1 Å². The number of imidazole rings is 1. The van der Waals surface area contributed by atoms with Crippen LogP contribution in [0.4, 0.5) is 0 Å². The van der Waals surface area contributed by atoms with Crippen molar-refractivity contribution in [1.82, 2.24) is 14.3 Å².